The van der Waals surface area contributed by atoms with E-state index in [2.05, 4.69) is 44.7 Å². The van der Waals surface area contributed by atoms with Crippen LogP contribution in [0.25, 0.3) is 0 Å². The Kier molecular flexibility index (Phi) is 13.0. The van der Waals surface area contributed by atoms with Crippen LogP contribution in [-0.2, 0) is 0 Å². The third-order valence-electron chi connectivity index (χ3n) is 2.28. The molecule has 0 amide bonds. The summed E-state index contributed by atoms with van der Waals surface area (Å²) in [5.74, 6) is 0. The van der Waals surface area contributed by atoms with Crippen molar-refractivity contribution >= 4 is 5.71 Å². The average Bonchev–Trinajstić information content (AvgIpc) is 2.68. The van der Waals surface area contributed by atoms with Crippen molar-refractivity contribution < 1.29 is 0 Å². The van der Waals surface area contributed by atoms with E-state index in [0.717, 1.165) is 17.6 Å². The van der Waals surface area contributed by atoms with Crippen molar-refractivity contribution in [3.8, 4) is 0 Å². The molecule has 1 rings (SSSR count). The van der Waals surface area contributed by atoms with Crippen molar-refractivity contribution in [2.24, 2.45) is 0 Å². The number of allylic oxidation sites excluding steroid dienone is 8. The van der Waals surface area contributed by atoms with Gasteiger partial charge in [0, 0.05) is 5.71 Å². The molecule has 0 aromatic heterocycles. The molecule has 106 valence electrons. The van der Waals surface area contributed by atoms with Gasteiger partial charge in [0.05, 0.1) is 0 Å². The van der Waals surface area contributed by atoms with Crippen molar-refractivity contribution in [1.82, 2.24) is 0 Å². The number of hydrogen-bond acceptors (Lipinski definition) is 1. The summed E-state index contributed by atoms with van der Waals surface area (Å²) in [6, 6.07) is 0. The molecule has 0 saturated heterocycles. The van der Waals surface area contributed by atoms with Gasteiger partial charge in [0.2, 0.25) is 0 Å². The van der Waals surface area contributed by atoms with Crippen LogP contribution in [0.3, 0.4) is 0 Å². The monoisotopic (exact) mass is 267 g/mol. The normalized spacial score (nSPS) is 12.6. The molecule has 0 fully saturated rings. The van der Waals surface area contributed by atoms with Crippen molar-refractivity contribution in [2.75, 3.05) is 0 Å². The van der Waals surface area contributed by atoms with Crippen LogP contribution < -0.4 is 0 Å². The molecule has 0 saturated carbocycles. The topological polar surface area (TPSA) is 23.9 Å². The SMILES string of the molecule is C=C.C=C.C=CCC1=C(/C(C)=C\C(C)=N)C=CC=C=C1. The van der Waals surface area contributed by atoms with Crippen molar-refractivity contribution in [3.63, 3.8) is 0 Å². The van der Waals surface area contributed by atoms with E-state index < -0.39 is 0 Å². The lowest BCUT2D eigenvalue weighted by atomic mass is 9.97. The summed E-state index contributed by atoms with van der Waals surface area (Å²) >= 11 is 0. The minimum absolute atomic E-state index is 0.567. The van der Waals surface area contributed by atoms with Gasteiger partial charge >= 0.3 is 0 Å². The summed E-state index contributed by atoms with van der Waals surface area (Å²) in [4.78, 5) is 0. The molecule has 1 heteroatoms. The second-order valence-electron chi connectivity index (χ2n) is 3.78. The van der Waals surface area contributed by atoms with E-state index in [1.165, 1.54) is 5.57 Å². The molecular formula is C19H25N. The summed E-state index contributed by atoms with van der Waals surface area (Å²) in [6.07, 6.45) is 12.5. The van der Waals surface area contributed by atoms with Crippen molar-refractivity contribution in [3.05, 3.63) is 91.8 Å². The number of hydrogen-bond donors (Lipinski definition) is 1. The van der Waals surface area contributed by atoms with Gasteiger partial charge in [-0.15, -0.1) is 38.6 Å². The molecular weight excluding hydrogens is 242 g/mol. The largest absolute Gasteiger partial charge is 0.306 e. The first-order valence-electron chi connectivity index (χ1n) is 6.32. The standard InChI is InChI=1S/C15H17N.2C2H4/c1-4-8-14-9-6-5-7-10-15(14)12(2)11-13(3)16;2*1-2/h4-5,7,9-11,16H,1,8H2,2-3H3;2*1-2H2/b12-11-,16-13?;;. The van der Waals surface area contributed by atoms with Crippen LogP contribution in [0.5, 0.6) is 0 Å². The highest BCUT2D eigenvalue weighted by molar-refractivity contribution is 5.91. The highest BCUT2D eigenvalue weighted by atomic mass is 14.4. The molecule has 0 aromatic rings. The van der Waals surface area contributed by atoms with Crippen LogP contribution in [0.1, 0.15) is 20.3 Å². The van der Waals surface area contributed by atoms with E-state index in [-0.39, 0.29) is 0 Å². The molecule has 20 heavy (non-hydrogen) atoms. The Bertz CT molecular complexity index is 476. The molecule has 0 heterocycles. The van der Waals surface area contributed by atoms with E-state index in [9.17, 15) is 0 Å². The van der Waals surface area contributed by atoms with Gasteiger partial charge in [0.1, 0.15) is 0 Å². The predicted molar refractivity (Wildman–Crippen MR) is 93.3 cm³/mol. The van der Waals surface area contributed by atoms with Gasteiger partial charge in [0.15, 0.2) is 0 Å². The zero-order valence-electron chi connectivity index (χ0n) is 12.7. The molecule has 0 unspecified atom stereocenters. The maximum absolute atomic E-state index is 7.49. The Morgan fingerprint density at radius 3 is 2.35 bits per heavy atom. The van der Waals surface area contributed by atoms with Crippen LogP contribution >= 0.6 is 0 Å². The third kappa shape index (κ3) is 7.86. The third-order valence-corrected chi connectivity index (χ3v) is 2.28. The molecule has 1 aliphatic carbocycles. The summed E-state index contributed by atoms with van der Waals surface area (Å²) in [6.45, 7) is 19.6. The van der Waals surface area contributed by atoms with Gasteiger partial charge in [-0.05, 0) is 55.2 Å². The fourth-order valence-electron chi connectivity index (χ4n) is 1.64. The molecule has 0 atom stereocenters. The number of rotatable bonds is 4. The Hall–Kier alpha value is -2.37. The highest BCUT2D eigenvalue weighted by Gasteiger charge is 2.04. The van der Waals surface area contributed by atoms with E-state index in [1.54, 1.807) is 6.92 Å². The van der Waals surface area contributed by atoms with Crippen molar-refractivity contribution in [1.29, 1.82) is 5.41 Å². The Morgan fingerprint density at radius 1 is 1.25 bits per heavy atom. The van der Waals surface area contributed by atoms with Gasteiger partial charge < -0.3 is 5.41 Å². The van der Waals surface area contributed by atoms with Crippen LogP contribution in [0, 0.1) is 5.41 Å². The van der Waals surface area contributed by atoms with Gasteiger partial charge in [-0.2, -0.15) is 0 Å². The van der Waals surface area contributed by atoms with Crippen LogP contribution in [-0.4, -0.2) is 5.71 Å². The Labute approximate surface area is 123 Å². The molecule has 0 radical (unpaired) electrons. The smallest absolute Gasteiger partial charge is 0.0285 e. The van der Waals surface area contributed by atoms with Gasteiger partial charge in [-0.25, -0.2) is 0 Å². The van der Waals surface area contributed by atoms with Crippen molar-refractivity contribution in [2.45, 2.75) is 20.3 Å². The second-order valence-corrected chi connectivity index (χ2v) is 3.78. The summed E-state index contributed by atoms with van der Waals surface area (Å²) in [5, 5.41) is 7.49. The zero-order valence-corrected chi connectivity index (χ0v) is 12.7. The second kappa shape index (κ2) is 13.1. The quantitative estimate of drug-likeness (QED) is 0.382. The van der Waals surface area contributed by atoms with Gasteiger partial charge in [-0.1, -0.05) is 18.2 Å². The fraction of sp³-hybridized carbons (Fsp3) is 0.158. The van der Waals surface area contributed by atoms with E-state index in [1.807, 2.05) is 37.3 Å². The summed E-state index contributed by atoms with van der Waals surface area (Å²) in [7, 11) is 0. The lowest BCUT2D eigenvalue weighted by Crippen LogP contribution is -1.91. The Balaban J connectivity index is 0. The van der Waals surface area contributed by atoms with Gasteiger partial charge in [-0.3, -0.25) is 0 Å². The molecule has 1 N–H and O–H groups in total. The summed E-state index contributed by atoms with van der Waals surface area (Å²) in [5.41, 5.74) is 7.12. The predicted octanol–water partition coefficient (Wildman–Crippen LogP) is 5.73. The lowest BCUT2D eigenvalue weighted by molar-refractivity contribution is 1.24. The van der Waals surface area contributed by atoms with Crippen LogP contribution in [0.15, 0.2) is 91.8 Å². The van der Waals surface area contributed by atoms with E-state index in [4.69, 9.17) is 5.41 Å². The lowest BCUT2D eigenvalue weighted by Gasteiger charge is -2.07. The first-order chi connectivity index (χ1) is 9.65. The molecule has 0 aliphatic heterocycles. The van der Waals surface area contributed by atoms with E-state index >= 15 is 0 Å². The fourth-order valence-corrected chi connectivity index (χ4v) is 1.64. The zero-order chi connectivity index (χ0) is 16.0. The molecule has 0 bridgehead atoms. The minimum atomic E-state index is 0.567. The molecule has 1 nitrogen and oxygen atoms in total. The molecule has 1 aliphatic rings. The van der Waals surface area contributed by atoms with Gasteiger partial charge in [0.25, 0.3) is 0 Å². The maximum atomic E-state index is 7.49. The first-order valence-corrected chi connectivity index (χ1v) is 6.32. The van der Waals surface area contributed by atoms with Crippen LogP contribution in [0.2, 0.25) is 0 Å². The average molecular weight is 267 g/mol. The first kappa shape index (κ1) is 20.0. The Morgan fingerprint density at radius 2 is 1.85 bits per heavy atom. The minimum Gasteiger partial charge on any atom is -0.306 e. The summed E-state index contributed by atoms with van der Waals surface area (Å²) < 4.78 is 0. The van der Waals surface area contributed by atoms with E-state index in [0.29, 0.717) is 5.71 Å². The maximum Gasteiger partial charge on any atom is 0.0285 e. The molecule has 0 spiro atoms. The highest BCUT2D eigenvalue weighted by Crippen LogP contribution is 2.21. The van der Waals surface area contributed by atoms with Crippen LogP contribution in [0.4, 0.5) is 0 Å². The number of nitrogens with one attached hydrogen (secondary N) is 1. The molecule has 0 aromatic carbocycles.